The van der Waals surface area contributed by atoms with Crippen LogP contribution in [0.4, 0.5) is 0 Å². The van der Waals surface area contributed by atoms with E-state index in [9.17, 15) is 9.59 Å². The number of rotatable bonds is 6. The zero-order valence-electron chi connectivity index (χ0n) is 9.43. The molecule has 0 aromatic heterocycles. The summed E-state index contributed by atoms with van der Waals surface area (Å²) < 4.78 is 14.8. The summed E-state index contributed by atoms with van der Waals surface area (Å²) in [6, 6.07) is 2.55. The van der Waals surface area contributed by atoms with Crippen LogP contribution in [0.3, 0.4) is 0 Å². The number of methoxy groups -OCH3 is 1. The number of hydrogen-bond acceptors (Lipinski definition) is 5. The third kappa shape index (κ3) is 2.87. The minimum Gasteiger partial charge on any atom is -0.496 e. The Labute approximate surface area is 97.7 Å². The second kappa shape index (κ2) is 5.74. The van der Waals surface area contributed by atoms with Crippen molar-refractivity contribution in [1.29, 1.82) is 0 Å². The minimum atomic E-state index is -1.15. The summed E-state index contributed by atoms with van der Waals surface area (Å²) in [4.78, 5) is 21.3. The highest BCUT2D eigenvalue weighted by atomic mass is 16.5. The molecule has 0 aliphatic rings. The number of aromatic carboxylic acids is 1. The molecule has 0 saturated heterocycles. The first-order valence-corrected chi connectivity index (χ1v) is 4.82. The molecule has 0 aliphatic carbocycles. The summed E-state index contributed by atoms with van der Waals surface area (Å²) in [5.41, 5.74) is -0.0609. The average Bonchev–Trinajstić information content (AvgIpc) is 2.31. The van der Waals surface area contributed by atoms with Gasteiger partial charge in [-0.3, -0.25) is 4.79 Å². The van der Waals surface area contributed by atoms with Gasteiger partial charge in [-0.15, -0.1) is 0 Å². The van der Waals surface area contributed by atoms with Crippen LogP contribution in [0.2, 0.25) is 0 Å². The van der Waals surface area contributed by atoms with Gasteiger partial charge in [0.1, 0.15) is 11.3 Å². The third-order valence-electron chi connectivity index (χ3n) is 1.97. The number of ether oxygens (including phenoxy) is 3. The van der Waals surface area contributed by atoms with Crippen molar-refractivity contribution in [3.63, 3.8) is 0 Å². The van der Waals surface area contributed by atoms with Crippen LogP contribution in [0.25, 0.3) is 0 Å². The van der Waals surface area contributed by atoms with Crippen molar-refractivity contribution in [3.8, 4) is 17.2 Å². The lowest BCUT2D eigenvalue weighted by atomic mass is 10.1. The molecule has 6 heteroatoms. The number of carbonyl (C=O) groups excluding carboxylic acids is 1. The van der Waals surface area contributed by atoms with Crippen molar-refractivity contribution in [2.24, 2.45) is 0 Å². The summed E-state index contributed by atoms with van der Waals surface area (Å²) >= 11 is 0. The number of carboxylic acid groups (broad SMARTS) is 1. The zero-order valence-corrected chi connectivity index (χ0v) is 9.43. The number of benzene rings is 1. The summed E-state index contributed by atoms with van der Waals surface area (Å²) in [5, 5.41) is 8.96. The van der Waals surface area contributed by atoms with Gasteiger partial charge in [-0.1, -0.05) is 0 Å². The van der Waals surface area contributed by atoms with Gasteiger partial charge in [-0.2, -0.15) is 0 Å². The topological polar surface area (TPSA) is 82.1 Å². The summed E-state index contributed by atoms with van der Waals surface area (Å²) in [6.45, 7) is 2.29. The number of hydrogen-bond donors (Lipinski definition) is 1. The zero-order chi connectivity index (χ0) is 12.8. The van der Waals surface area contributed by atoms with Crippen molar-refractivity contribution in [1.82, 2.24) is 0 Å². The lowest BCUT2D eigenvalue weighted by Crippen LogP contribution is -2.04. The Kier molecular flexibility index (Phi) is 4.33. The molecular weight excluding hydrogens is 228 g/mol. The highest BCUT2D eigenvalue weighted by Crippen LogP contribution is 2.34. The fourth-order valence-corrected chi connectivity index (χ4v) is 1.29. The SMILES string of the molecule is CCOc1cc(C(=O)O)c(OC)cc1OC=O. The molecule has 6 nitrogen and oxygen atoms in total. The second-order valence-electron chi connectivity index (χ2n) is 2.95. The van der Waals surface area contributed by atoms with Gasteiger partial charge in [0.25, 0.3) is 6.47 Å². The lowest BCUT2D eigenvalue weighted by molar-refractivity contribution is -0.120. The summed E-state index contributed by atoms with van der Waals surface area (Å²) in [7, 11) is 1.33. The molecule has 1 N–H and O–H groups in total. The largest absolute Gasteiger partial charge is 0.496 e. The molecule has 0 saturated carbocycles. The molecule has 0 fully saturated rings. The molecule has 0 amide bonds. The Hall–Kier alpha value is -2.24. The monoisotopic (exact) mass is 240 g/mol. The van der Waals surface area contributed by atoms with E-state index in [0.717, 1.165) is 0 Å². The Bertz CT molecular complexity index is 426. The van der Waals surface area contributed by atoms with Crippen LogP contribution in [0, 0.1) is 0 Å². The Morgan fingerprint density at radius 3 is 2.53 bits per heavy atom. The highest BCUT2D eigenvalue weighted by molar-refractivity contribution is 5.92. The minimum absolute atomic E-state index is 0.0609. The maximum Gasteiger partial charge on any atom is 0.339 e. The van der Waals surface area contributed by atoms with Crippen LogP contribution >= 0.6 is 0 Å². The van der Waals surface area contributed by atoms with Crippen LogP contribution < -0.4 is 14.2 Å². The molecule has 0 bridgehead atoms. The predicted octanol–water partition coefficient (Wildman–Crippen LogP) is 1.33. The normalized spacial score (nSPS) is 9.53. The average molecular weight is 240 g/mol. The van der Waals surface area contributed by atoms with E-state index in [-0.39, 0.29) is 29.3 Å². The van der Waals surface area contributed by atoms with Gasteiger partial charge in [-0.05, 0) is 6.92 Å². The second-order valence-corrected chi connectivity index (χ2v) is 2.95. The Morgan fingerprint density at radius 1 is 1.35 bits per heavy atom. The highest BCUT2D eigenvalue weighted by Gasteiger charge is 2.17. The van der Waals surface area contributed by atoms with E-state index < -0.39 is 5.97 Å². The summed E-state index contributed by atoms with van der Waals surface area (Å²) in [5.74, 6) is -0.764. The van der Waals surface area contributed by atoms with Crippen LogP contribution in [0.5, 0.6) is 17.2 Å². The molecule has 0 unspecified atom stereocenters. The quantitative estimate of drug-likeness (QED) is 0.755. The molecular formula is C11H12O6. The van der Waals surface area contributed by atoms with Gasteiger partial charge in [0.05, 0.1) is 13.7 Å². The van der Waals surface area contributed by atoms with Crippen molar-refractivity contribution in [2.75, 3.05) is 13.7 Å². The standard InChI is InChI=1S/C11H12O6/c1-3-16-9-4-7(11(13)14)8(15-2)5-10(9)17-6-12/h4-6H,3H2,1-2H3,(H,13,14). The molecule has 0 heterocycles. The molecule has 0 aliphatic heterocycles. The third-order valence-corrected chi connectivity index (χ3v) is 1.97. The molecule has 92 valence electrons. The van der Waals surface area contributed by atoms with E-state index in [1.165, 1.54) is 19.2 Å². The molecule has 0 radical (unpaired) electrons. The fourth-order valence-electron chi connectivity index (χ4n) is 1.29. The maximum atomic E-state index is 11.0. The van der Waals surface area contributed by atoms with Crippen molar-refractivity contribution in [3.05, 3.63) is 17.7 Å². The van der Waals surface area contributed by atoms with Crippen molar-refractivity contribution < 1.29 is 28.9 Å². The molecule has 17 heavy (non-hydrogen) atoms. The summed E-state index contributed by atoms with van der Waals surface area (Å²) in [6.07, 6.45) is 0. The van der Waals surface area contributed by atoms with Crippen LogP contribution in [-0.2, 0) is 4.79 Å². The maximum absolute atomic E-state index is 11.0. The van der Waals surface area contributed by atoms with E-state index in [1.54, 1.807) is 6.92 Å². The molecule has 1 aromatic rings. The van der Waals surface area contributed by atoms with Gasteiger partial charge in [-0.25, -0.2) is 4.79 Å². The molecule has 1 rings (SSSR count). The number of carbonyl (C=O) groups is 2. The first kappa shape index (κ1) is 12.8. The van der Waals surface area contributed by atoms with Crippen molar-refractivity contribution in [2.45, 2.75) is 6.92 Å². The van der Waals surface area contributed by atoms with Gasteiger partial charge >= 0.3 is 5.97 Å². The van der Waals surface area contributed by atoms with Gasteiger partial charge in [0.15, 0.2) is 11.5 Å². The van der Waals surface area contributed by atoms with Crippen LogP contribution in [-0.4, -0.2) is 31.3 Å². The predicted molar refractivity (Wildman–Crippen MR) is 57.8 cm³/mol. The Balaban J connectivity index is 3.30. The van der Waals surface area contributed by atoms with E-state index in [4.69, 9.17) is 14.6 Å². The molecule has 1 aromatic carbocycles. The first-order valence-electron chi connectivity index (χ1n) is 4.82. The first-order chi connectivity index (χ1) is 8.13. The smallest absolute Gasteiger partial charge is 0.339 e. The van der Waals surface area contributed by atoms with E-state index in [1.807, 2.05) is 0 Å². The van der Waals surface area contributed by atoms with Crippen molar-refractivity contribution >= 4 is 12.4 Å². The van der Waals surface area contributed by atoms with E-state index in [0.29, 0.717) is 6.61 Å². The van der Waals surface area contributed by atoms with Gasteiger partial charge in [0.2, 0.25) is 0 Å². The fraction of sp³-hybridized carbons (Fsp3) is 0.273. The van der Waals surface area contributed by atoms with E-state index in [2.05, 4.69) is 4.74 Å². The molecule has 0 spiro atoms. The lowest BCUT2D eigenvalue weighted by Gasteiger charge is -2.12. The van der Waals surface area contributed by atoms with E-state index >= 15 is 0 Å². The number of carboxylic acids is 1. The van der Waals surface area contributed by atoms with Gasteiger partial charge < -0.3 is 19.3 Å². The van der Waals surface area contributed by atoms with Gasteiger partial charge in [0, 0.05) is 12.1 Å². The Morgan fingerprint density at radius 2 is 2.06 bits per heavy atom. The van der Waals surface area contributed by atoms with Crippen LogP contribution in [0.1, 0.15) is 17.3 Å². The molecule has 0 atom stereocenters. The van der Waals surface area contributed by atoms with Crippen LogP contribution in [0.15, 0.2) is 12.1 Å².